The first-order valence-corrected chi connectivity index (χ1v) is 10.8. The van der Waals surface area contributed by atoms with Crippen LogP contribution in [0, 0.1) is 5.82 Å². The average Bonchev–Trinajstić information content (AvgIpc) is 3.10. The molecule has 168 valence electrons. The van der Waals surface area contributed by atoms with E-state index in [2.05, 4.69) is 0 Å². The molecule has 0 aromatic heterocycles. The molecular weight excluding hydrogens is 445 g/mol. The van der Waals surface area contributed by atoms with Crippen LogP contribution in [-0.2, 0) is 9.59 Å². The van der Waals surface area contributed by atoms with Gasteiger partial charge in [0.05, 0.1) is 23.2 Å². The molecule has 1 fully saturated rings. The van der Waals surface area contributed by atoms with Gasteiger partial charge in [-0.2, -0.15) is 0 Å². The molecule has 1 heterocycles. The smallest absolute Gasteiger partial charge is 0.300 e. The summed E-state index contributed by atoms with van der Waals surface area (Å²) in [5.41, 5.74) is 1.13. The van der Waals surface area contributed by atoms with Gasteiger partial charge in [-0.3, -0.25) is 14.5 Å². The zero-order valence-corrected chi connectivity index (χ0v) is 18.6. The van der Waals surface area contributed by atoms with Crippen molar-refractivity contribution in [1.82, 2.24) is 0 Å². The van der Waals surface area contributed by atoms with Crippen molar-refractivity contribution < 1.29 is 23.8 Å². The predicted octanol–water partition coefficient (Wildman–Crippen LogP) is 5.89. The summed E-state index contributed by atoms with van der Waals surface area (Å²) in [6.45, 7) is 2.48. The third-order valence-electron chi connectivity index (χ3n) is 5.32. The van der Waals surface area contributed by atoms with Crippen molar-refractivity contribution in [1.29, 1.82) is 0 Å². The molecule has 1 saturated heterocycles. The van der Waals surface area contributed by atoms with E-state index in [1.54, 1.807) is 54.6 Å². The third-order valence-corrected chi connectivity index (χ3v) is 5.61. The number of halogens is 2. The highest BCUT2D eigenvalue weighted by Gasteiger charge is 2.47. The number of aliphatic hydroxyl groups is 1. The van der Waals surface area contributed by atoms with Gasteiger partial charge >= 0.3 is 0 Å². The fourth-order valence-electron chi connectivity index (χ4n) is 3.79. The predicted molar refractivity (Wildman–Crippen MR) is 125 cm³/mol. The first kappa shape index (κ1) is 22.6. The first-order valence-electron chi connectivity index (χ1n) is 10.5. The van der Waals surface area contributed by atoms with E-state index in [1.165, 1.54) is 17.0 Å². The molecular formula is C26H21ClFNO4. The van der Waals surface area contributed by atoms with Gasteiger partial charge in [0.1, 0.15) is 17.3 Å². The van der Waals surface area contributed by atoms with Gasteiger partial charge < -0.3 is 9.84 Å². The van der Waals surface area contributed by atoms with Gasteiger partial charge in [0.25, 0.3) is 11.7 Å². The minimum Gasteiger partial charge on any atom is -0.507 e. The Balaban J connectivity index is 1.88. The van der Waals surface area contributed by atoms with Crippen molar-refractivity contribution in [3.63, 3.8) is 0 Å². The van der Waals surface area contributed by atoms with Crippen molar-refractivity contribution in [2.24, 2.45) is 0 Å². The molecule has 0 aliphatic carbocycles. The van der Waals surface area contributed by atoms with Gasteiger partial charge in [-0.1, -0.05) is 61.0 Å². The van der Waals surface area contributed by atoms with Crippen LogP contribution in [-0.4, -0.2) is 23.4 Å². The van der Waals surface area contributed by atoms with Crippen LogP contribution >= 0.6 is 11.6 Å². The van der Waals surface area contributed by atoms with E-state index >= 15 is 0 Å². The molecule has 1 atom stereocenters. The molecule has 3 aromatic carbocycles. The van der Waals surface area contributed by atoms with E-state index in [9.17, 15) is 19.1 Å². The molecule has 33 heavy (non-hydrogen) atoms. The summed E-state index contributed by atoms with van der Waals surface area (Å²) < 4.78 is 19.4. The van der Waals surface area contributed by atoms with Gasteiger partial charge in [-0.15, -0.1) is 0 Å². The number of carbonyl (C=O) groups is 2. The van der Waals surface area contributed by atoms with Gasteiger partial charge in [-0.05, 0) is 42.3 Å². The standard InChI is InChI=1S/C26H21ClFNO4/c1-2-13-33-19-10-6-9-17(14-19)24(30)22-23(16-7-4-3-5-8-16)29(26(32)25(22)31)18-11-12-21(28)20(27)15-18/h3-12,14-15,23,30H,2,13H2,1H3/b24-22+. The number of ether oxygens (including phenoxy) is 1. The molecule has 4 rings (SSSR count). The second kappa shape index (κ2) is 9.46. The number of rotatable bonds is 6. The van der Waals surface area contributed by atoms with E-state index in [-0.39, 0.29) is 22.0 Å². The largest absolute Gasteiger partial charge is 0.507 e. The Morgan fingerprint density at radius 3 is 2.52 bits per heavy atom. The summed E-state index contributed by atoms with van der Waals surface area (Å²) in [7, 11) is 0. The number of aliphatic hydroxyl groups excluding tert-OH is 1. The number of hydrogen-bond donors (Lipinski definition) is 1. The highest BCUT2D eigenvalue weighted by Crippen LogP contribution is 2.43. The van der Waals surface area contributed by atoms with Crippen LogP contribution in [0.1, 0.15) is 30.5 Å². The highest BCUT2D eigenvalue weighted by atomic mass is 35.5. The molecule has 1 amide bonds. The fraction of sp³-hybridized carbons (Fsp3) is 0.154. The van der Waals surface area contributed by atoms with Crippen LogP contribution < -0.4 is 9.64 Å². The lowest BCUT2D eigenvalue weighted by molar-refractivity contribution is -0.132. The molecule has 3 aromatic rings. The molecule has 0 spiro atoms. The van der Waals surface area contributed by atoms with E-state index < -0.39 is 23.5 Å². The van der Waals surface area contributed by atoms with Crippen molar-refractivity contribution >= 4 is 34.7 Å². The average molecular weight is 466 g/mol. The number of ketones is 1. The Kier molecular flexibility index (Phi) is 6.47. The second-order valence-electron chi connectivity index (χ2n) is 7.55. The summed E-state index contributed by atoms with van der Waals surface area (Å²) >= 11 is 5.95. The molecule has 7 heteroatoms. The number of hydrogen-bond acceptors (Lipinski definition) is 4. The SMILES string of the molecule is CCCOc1cccc(/C(O)=C2\C(=O)C(=O)N(c3ccc(F)c(Cl)c3)C2c2ccccc2)c1. The summed E-state index contributed by atoms with van der Waals surface area (Å²) in [4.78, 5) is 27.5. The molecule has 0 radical (unpaired) electrons. The zero-order chi connectivity index (χ0) is 23.5. The van der Waals surface area contributed by atoms with Crippen LogP contribution in [0.4, 0.5) is 10.1 Å². The second-order valence-corrected chi connectivity index (χ2v) is 7.96. The summed E-state index contributed by atoms with van der Waals surface area (Å²) in [6.07, 6.45) is 0.815. The zero-order valence-electron chi connectivity index (χ0n) is 17.8. The van der Waals surface area contributed by atoms with Gasteiger partial charge in [0.15, 0.2) is 0 Å². The van der Waals surface area contributed by atoms with Crippen LogP contribution in [0.5, 0.6) is 5.75 Å². The lowest BCUT2D eigenvalue weighted by Crippen LogP contribution is -2.29. The van der Waals surface area contributed by atoms with E-state index in [0.29, 0.717) is 23.5 Å². The molecule has 1 aliphatic rings. The molecule has 1 aliphatic heterocycles. The topological polar surface area (TPSA) is 66.8 Å². The number of anilines is 1. The summed E-state index contributed by atoms with van der Waals surface area (Å²) in [5.74, 6) is -2.11. The maximum absolute atomic E-state index is 13.8. The van der Waals surface area contributed by atoms with Crippen molar-refractivity contribution in [3.05, 3.63) is 100 Å². The quantitative estimate of drug-likeness (QED) is 0.280. The van der Waals surface area contributed by atoms with Crippen LogP contribution in [0.15, 0.2) is 78.4 Å². The summed E-state index contributed by atoms with van der Waals surface area (Å²) in [5, 5.41) is 11.0. The Labute approximate surface area is 195 Å². The normalized spacial score (nSPS) is 17.4. The molecule has 0 bridgehead atoms. The van der Waals surface area contributed by atoms with Crippen LogP contribution in [0.2, 0.25) is 5.02 Å². The van der Waals surface area contributed by atoms with E-state index in [0.717, 1.165) is 12.5 Å². The number of Topliss-reactive ketones (excluding diaryl/α,β-unsaturated/α-hetero) is 1. The summed E-state index contributed by atoms with van der Waals surface area (Å²) in [6, 6.07) is 18.4. The Hall–Kier alpha value is -3.64. The van der Waals surface area contributed by atoms with E-state index in [1.807, 2.05) is 6.92 Å². The lowest BCUT2D eigenvalue weighted by Gasteiger charge is -2.25. The number of amides is 1. The number of nitrogens with zero attached hydrogens (tertiary/aromatic N) is 1. The maximum atomic E-state index is 13.8. The van der Waals surface area contributed by atoms with Crippen molar-refractivity contribution in [2.45, 2.75) is 19.4 Å². The fourth-order valence-corrected chi connectivity index (χ4v) is 3.97. The Bertz CT molecular complexity index is 1240. The maximum Gasteiger partial charge on any atom is 0.300 e. The minimum absolute atomic E-state index is 0.0701. The van der Waals surface area contributed by atoms with E-state index in [4.69, 9.17) is 16.3 Å². The molecule has 1 unspecified atom stereocenters. The molecule has 1 N–H and O–H groups in total. The highest BCUT2D eigenvalue weighted by molar-refractivity contribution is 6.51. The van der Waals surface area contributed by atoms with Gasteiger partial charge in [0, 0.05) is 11.3 Å². The van der Waals surface area contributed by atoms with Gasteiger partial charge in [0.2, 0.25) is 0 Å². The van der Waals surface area contributed by atoms with Crippen LogP contribution in [0.3, 0.4) is 0 Å². The number of benzene rings is 3. The molecule has 5 nitrogen and oxygen atoms in total. The Morgan fingerprint density at radius 1 is 1.06 bits per heavy atom. The first-order chi connectivity index (χ1) is 15.9. The lowest BCUT2D eigenvalue weighted by atomic mass is 9.95. The van der Waals surface area contributed by atoms with Gasteiger partial charge in [-0.25, -0.2) is 4.39 Å². The Morgan fingerprint density at radius 2 is 1.82 bits per heavy atom. The van der Waals surface area contributed by atoms with Crippen molar-refractivity contribution in [2.75, 3.05) is 11.5 Å². The third kappa shape index (κ3) is 4.34. The number of carbonyl (C=O) groups excluding carboxylic acids is 2. The monoisotopic (exact) mass is 465 g/mol. The van der Waals surface area contributed by atoms with Crippen molar-refractivity contribution in [3.8, 4) is 5.75 Å². The molecule has 0 saturated carbocycles. The minimum atomic E-state index is -0.923. The van der Waals surface area contributed by atoms with Crippen LogP contribution in [0.25, 0.3) is 5.76 Å².